The van der Waals surface area contributed by atoms with E-state index in [-0.39, 0.29) is 5.92 Å². The molecule has 0 aliphatic rings. The summed E-state index contributed by atoms with van der Waals surface area (Å²) in [5.41, 5.74) is -0.880. The van der Waals surface area contributed by atoms with Crippen LogP contribution in [0.2, 0.25) is 0 Å². The molecule has 1 atom stereocenters. The molecule has 0 aliphatic carbocycles. The highest BCUT2D eigenvalue weighted by molar-refractivity contribution is 5.05. The number of hydrogen-bond donors (Lipinski definition) is 0. The van der Waals surface area contributed by atoms with Crippen LogP contribution in [0.4, 0.5) is 0 Å². The summed E-state index contributed by atoms with van der Waals surface area (Å²) in [5, 5.41) is 0. The highest BCUT2D eigenvalue weighted by atomic mass is 17.3. The van der Waals surface area contributed by atoms with Gasteiger partial charge in [0.25, 0.3) is 0 Å². The molecule has 0 aliphatic heterocycles. The lowest BCUT2D eigenvalue weighted by atomic mass is 10.0. The van der Waals surface area contributed by atoms with Gasteiger partial charge in [0, 0.05) is 6.42 Å². The molecule has 0 aromatic rings. The summed E-state index contributed by atoms with van der Waals surface area (Å²) in [6, 6.07) is 0. The molecule has 4 heteroatoms. The topological polar surface area (TPSA) is 36.9 Å². The third-order valence-electron chi connectivity index (χ3n) is 2.20. The molecule has 0 aromatic heterocycles. The Morgan fingerprint density at radius 2 is 1.20 bits per heavy atom. The van der Waals surface area contributed by atoms with E-state index in [4.69, 9.17) is 19.6 Å². The van der Waals surface area contributed by atoms with Gasteiger partial charge in [-0.15, -0.1) is 5.92 Å². The Kier molecular flexibility index (Phi) is 7.20. The first-order valence-electron chi connectivity index (χ1n) is 7.12. The zero-order valence-corrected chi connectivity index (χ0v) is 14.4. The van der Waals surface area contributed by atoms with Crippen molar-refractivity contribution in [2.75, 3.05) is 0 Å². The Labute approximate surface area is 124 Å². The van der Waals surface area contributed by atoms with E-state index in [1.54, 1.807) is 6.92 Å². The summed E-state index contributed by atoms with van der Waals surface area (Å²) in [6.07, 6.45) is 0.778. The van der Waals surface area contributed by atoms with Gasteiger partial charge in [-0.3, -0.25) is 0 Å². The van der Waals surface area contributed by atoms with E-state index in [9.17, 15) is 0 Å². The largest absolute Gasteiger partial charge is 0.244 e. The summed E-state index contributed by atoms with van der Waals surface area (Å²) < 4.78 is 0. The second kappa shape index (κ2) is 7.42. The van der Waals surface area contributed by atoms with Gasteiger partial charge in [0.2, 0.25) is 5.79 Å². The van der Waals surface area contributed by atoms with Gasteiger partial charge in [-0.2, -0.15) is 9.78 Å². The molecule has 0 amide bonds. The minimum Gasteiger partial charge on any atom is -0.228 e. The van der Waals surface area contributed by atoms with E-state index in [1.165, 1.54) is 0 Å². The lowest BCUT2D eigenvalue weighted by molar-refractivity contribution is -0.543. The maximum Gasteiger partial charge on any atom is 0.244 e. The molecule has 0 rings (SSSR count). The average Bonchev–Trinajstić information content (AvgIpc) is 2.29. The highest BCUT2D eigenvalue weighted by Crippen LogP contribution is 2.28. The molecule has 1 unspecified atom stereocenters. The second-order valence-corrected chi connectivity index (χ2v) is 6.97. The molecular formula is C16H30O4. The van der Waals surface area contributed by atoms with Crippen LogP contribution in [0.3, 0.4) is 0 Å². The van der Waals surface area contributed by atoms with Crippen LogP contribution < -0.4 is 0 Å². The van der Waals surface area contributed by atoms with Crippen LogP contribution in [0.25, 0.3) is 0 Å². The van der Waals surface area contributed by atoms with Crippen molar-refractivity contribution >= 4 is 0 Å². The fourth-order valence-electron chi connectivity index (χ4n) is 0.960. The van der Waals surface area contributed by atoms with Crippen molar-refractivity contribution in [2.45, 2.75) is 85.7 Å². The molecule has 0 fully saturated rings. The van der Waals surface area contributed by atoms with Gasteiger partial charge in [0.15, 0.2) is 0 Å². The number of rotatable bonds is 5. The van der Waals surface area contributed by atoms with E-state index < -0.39 is 17.0 Å². The third kappa shape index (κ3) is 8.55. The molecule has 0 saturated heterocycles. The fraction of sp³-hybridized carbons (Fsp3) is 0.875. The maximum absolute atomic E-state index is 5.50. The summed E-state index contributed by atoms with van der Waals surface area (Å²) >= 11 is 0. The third-order valence-corrected chi connectivity index (χ3v) is 2.20. The van der Waals surface area contributed by atoms with Crippen molar-refractivity contribution < 1.29 is 19.6 Å². The van der Waals surface area contributed by atoms with Crippen molar-refractivity contribution in [3.05, 3.63) is 0 Å². The van der Waals surface area contributed by atoms with Crippen LogP contribution in [0.15, 0.2) is 0 Å². The first kappa shape index (κ1) is 19.4. The SMILES string of the molecule is CCC#CC(C)C(C)(OOC(C)(C)C)OOC(C)(C)C. The van der Waals surface area contributed by atoms with Gasteiger partial charge in [-0.05, 0) is 55.4 Å². The monoisotopic (exact) mass is 286 g/mol. The number of hydrogen-bond acceptors (Lipinski definition) is 4. The Morgan fingerprint density at radius 3 is 1.50 bits per heavy atom. The van der Waals surface area contributed by atoms with E-state index in [2.05, 4.69) is 11.8 Å². The Balaban J connectivity index is 4.92. The van der Waals surface area contributed by atoms with Crippen LogP contribution in [0.5, 0.6) is 0 Å². The highest BCUT2D eigenvalue weighted by Gasteiger charge is 2.38. The first-order chi connectivity index (χ1) is 8.90. The van der Waals surface area contributed by atoms with Crippen molar-refractivity contribution in [1.82, 2.24) is 0 Å². The average molecular weight is 286 g/mol. The van der Waals surface area contributed by atoms with Gasteiger partial charge < -0.3 is 0 Å². The first-order valence-corrected chi connectivity index (χ1v) is 7.12. The molecule has 118 valence electrons. The van der Waals surface area contributed by atoms with Gasteiger partial charge >= 0.3 is 0 Å². The van der Waals surface area contributed by atoms with Crippen LogP contribution >= 0.6 is 0 Å². The molecule has 0 N–H and O–H groups in total. The standard InChI is InChI=1S/C16H30O4/c1-10-11-12-13(2)16(9,19-17-14(3,4)5)20-18-15(6,7)8/h13H,10H2,1-9H3. The van der Waals surface area contributed by atoms with Crippen molar-refractivity contribution in [3.8, 4) is 11.8 Å². The zero-order chi connectivity index (χ0) is 16.0. The molecular weight excluding hydrogens is 256 g/mol. The summed E-state index contributed by atoms with van der Waals surface area (Å²) in [5.74, 6) is 4.82. The van der Waals surface area contributed by atoms with Gasteiger partial charge in [-0.1, -0.05) is 12.8 Å². The Hall–Kier alpha value is -0.600. The molecule has 0 saturated carbocycles. The maximum atomic E-state index is 5.50. The normalized spacial score (nSPS) is 14.7. The van der Waals surface area contributed by atoms with Crippen molar-refractivity contribution in [1.29, 1.82) is 0 Å². The smallest absolute Gasteiger partial charge is 0.228 e. The predicted molar refractivity (Wildman–Crippen MR) is 79.5 cm³/mol. The Morgan fingerprint density at radius 1 is 0.800 bits per heavy atom. The van der Waals surface area contributed by atoms with Gasteiger partial charge in [0.1, 0.15) is 0 Å². The minimum absolute atomic E-state index is 0.202. The van der Waals surface area contributed by atoms with Crippen LogP contribution in [-0.2, 0) is 19.6 Å². The molecule has 0 bridgehead atoms. The van der Waals surface area contributed by atoms with Crippen molar-refractivity contribution in [3.63, 3.8) is 0 Å². The molecule has 0 heterocycles. The minimum atomic E-state index is -1.09. The van der Waals surface area contributed by atoms with Gasteiger partial charge in [-0.25, -0.2) is 9.78 Å². The van der Waals surface area contributed by atoms with E-state index >= 15 is 0 Å². The van der Waals surface area contributed by atoms with Crippen LogP contribution in [-0.4, -0.2) is 17.0 Å². The van der Waals surface area contributed by atoms with E-state index in [0.29, 0.717) is 0 Å². The second-order valence-electron chi connectivity index (χ2n) is 6.97. The van der Waals surface area contributed by atoms with E-state index in [0.717, 1.165) is 6.42 Å². The molecule has 0 spiro atoms. The predicted octanol–water partition coefficient (Wildman–Crippen LogP) is 4.25. The van der Waals surface area contributed by atoms with Gasteiger partial charge in [0.05, 0.1) is 17.1 Å². The summed E-state index contributed by atoms with van der Waals surface area (Å²) in [4.78, 5) is 21.8. The zero-order valence-electron chi connectivity index (χ0n) is 14.4. The molecule has 0 radical (unpaired) electrons. The van der Waals surface area contributed by atoms with E-state index in [1.807, 2.05) is 55.4 Å². The molecule has 4 nitrogen and oxygen atoms in total. The van der Waals surface area contributed by atoms with Crippen molar-refractivity contribution in [2.24, 2.45) is 5.92 Å². The summed E-state index contributed by atoms with van der Waals surface area (Å²) in [7, 11) is 0. The lowest BCUT2D eigenvalue weighted by Crippen LogP contribution is -2.43. The fourth-order valence-corrected chi connectivity index (χ4v) is 0.960. The quantitative estimate of drug-likeness (QED) is 0.328. The lowest BCUT2D eigenvalue weighted by Gasteiger charge is -2.34. The van der Waals surface area contributed by atoms with Crippen LogP contribution in [0.1, 0.15) is 68.7 Å². The molecule has 0 aromatic carbocycles. The summed E-state index contributed by atoms with van der Waals surface area (Å²) in [6.45, 7) is 17.1. The van der Waals surface area contributed by atoms with Crippen LogP contribution in [0, 0.1) is 17.8 Å². The molecule has 20 heavy (non-hydrogen) atoms. The Bertz CT molecular complexity index is 320.